The number of ether oxygens (including phenoxy) is 1. The molecule has 0 heterocycles. The average molecular weight is 268 g/mol. The molecule has 0 bridgehead atoms. The molecule has 2 heteroatoms. The first kappa shape index (κ1) is 14.3. The molecule has 0 fully saturated rings. The monoisotopic (exact) mass is 268 g/mol. The van der Waals surface area contributed by atoms with E-state index in [1.165, 1.54) is 11.1 Å². The predicted octanol–water partition coefficient (Wildman–Crippen LogP) is 3.67. The zero-order chi connectivity index (χ0) is 14.5. The van der Waals surface area contributed by atoms with Gasteiger partial charge in [-0.25, -0.2) is 0 Å². The van der Waals surface area contributed by atoms with Gasteiger partial charge in [0.15, 0.2) is 0 Å². The van der Waals surface area contributed by atoms with Crippen molar-refractivity contribution in [3.8, 4) is 5.75 Å². The molecule has 0 aliphatic heterocycles. The molecule has 0 unspecified atom stereocenters. The van der Waals surface area contributed by atoms with Crippen molar-refractivity contribution in [3.05, 3.63) is 64.7 Å². The fourth-order valence-corrected chi connectivity index (χ4v) is 2.24. The topological polar surface area (TPSA) is 26.3 Å². The van der Waals surface area contributed by atoms with Crippen LogP contribution in [0.1, 0.15) is 22.3 Å². The Kier molecular flexibility index (Phi) is 4.57. The molecular formula is C18H20O2. The third-order valence-electron chi connectivity index (χ3n) is 3.45. The largest absolute Gasteiger partial charge is 0.497 e. The molecule has 2 rings (SSSR count). The van der Waals surface area contributed by atoms with Crippen molar-refractivity contribution in [2.45, 2.75) is 26.7 Å². The Bertz CT molecular complexity index is 597. The van der Waals surface area contributed by atoms with E-state index in [-0.39, 0.29) is 5.78 Å². The molecule has 2 nitrogen and oxygen atoms in total. The third kappa shape index (κ3) is 3.70. The van der Waals surface area contributed by atoms with Gasteiger partial charge in [-0.15, -0.1) is 0 Å². The number of hydrogen-bond donors (Lipinski definition) is 0. The summed E-state index contributed by atoms with van der Waals surface area (Å²) in [5.41, 5.74) is 4.53. The van der Waals surface area contributed by atoms with E-state index in [2.05, 4.69) is 32.0 Å². The standard InChI is InChI=1S/C18H20O2/c1-13-4-5-14(2)16(10-13)12-17(19)11-15-6-8-18(20-3)9-7-15/h4-10H,11-12H2,1-3H3. The van der Waals surface area contributed by atoms with Crippen molar-refractivity contribution in [3.63, 3.8) is 0 Å². The first-order valence-electron chi connectivity index (χ1n) is 6.79. The zero-order valence-corrected chi connectivity index (χ0v) is 12.3. The Hall–Kier alpha value is -2.09. The highest BCUT2D eigenvalue weighted by molar-refractivity contribution is 5.83. The molecular weight excluding hydrogens is 248 g/mol. The van der Waals surface area contributed by atoms with Crippen LogP contribution < -0.4 is 4.74 Å². The SMILES string of the molecule is COc1ccc(CC(=O)Cc2cc(C)ccc2C)cc1. The van der Waals surface area contributed by atoms with Gasteiger partial charge in [-0.2, -0.15) is 0 Å². The molecule has 0 atom stereocenters. The van der Waals surface area contributed by atoms with Crippen molar-refractivity contribution in [2.24, 2.45) is 0 Å². The second-order valence-corrected chi connectivity index (χ2v) is 5.17. The van der Waals surface area contributed by atoms with E-state index in [1.54, 1.807) is 7.11 Å². The van der Waals surface area contributed by atoms with E-state index in [1.807, 2.05) is 24.3 Å². The third-order valence-corrected chi connectivity index (χ3v) is 3.45. The van der Waals surface area contributed by atoms with Gasteiger partial charge in [-0.05, 0) is 42.7 Å². The van der Waals surface area contributed by atoms with Crippen molar-refractivity contribution in [1.29, 1.82) is 0 Å². The summed E-state index contributed by atoms with van der Waals surface area (Å²) in [6.07, 6.45) is 0.969. The molecule has 0 amide bonds. The summed E-state index contributed by atoms with van der Waals surface area (Å²) in [6.45, 7) is 4.10. The van der Waals surface area contributed by atoms with Gasteiger partial charge in [0, 0.05) is 12.8 Å². The number of aryl methyl sites for hydroxylation is 2. The van der Waals surface area contributed by atoms with Crippen molar-refractivity contribution < 1.29 is 9.53 Å². The molecule has 104 valence electrons. The Morgan fingerprint density at radius 1 is 1.00 bits per heavy atom. The second-order valence-electron chi connectivity index (χ2n) is 5.17. The predicted molar refractivity (Wildman–Crippen MR) is 81.3 cm³/mol. The van der Waals surface area contributed by atoms with Crippen LogP contribution in [0.15, 0.2) is 42.5 Å². The Balaban J connectivity index is 2.03. The van der Waals surface area contributed by atoms with E-state index in [0.717, 1.165) is 16.9 Å². The minimum Gasteiger partial charge on any atom is -0.497 e. The molecule has 0 saturated heterocycles. The van der Waals surface area contributed by atoms with Crippen LogP contribution in [-0.2, 0) is 17.6 Å². The number of carbonyl (C=O) groups is 1. The maximum Gasteiger partial charge on any atom is 0.141 e. The van der Waals surface area contributed by atoms with E-state index in [0.29, 0.717) is 12.8 Å². The normalized spacial score (nSPS) is 10.3. The number of ketones is 1. The van der Waals surface area contributed by atoms with Crippen LogP contribution in [0.25, 0.3) is 0 Å². The first-order chi connectivity index (χ1) is 9.58. The number of rotatable bonds is 5. The second kappa shape index (κ2) is 6.38. The summed E-state index contributed by atoms with van der Waals surface area (Å²) >= 11 is 0. The number of Topliss-reactive ketones (excluding diaryl/α,β-unsaturated/α-hetero) is 1. The van der Waals surface area contributed by atoms with Gasteiger partial charge in [-0.1, -0.05) is 35.9 Å². The molecule has 0 saturated carbocycles. The summed E-state index contributed by atoms with van der Waals surface area (Å²) in [5, 5.41) is 0. The summed E-state index contributed by atoms with van der Waals surface area (Å²) in [6, 6.07) is 13.9. The first-order valence-corrected chi connectivity index (χ1v) is 6.79. The highest BCUT2D eigenvalue weighted by Crippen LogP contribution is 2.15. The number of hydrogen-bond acceptors (Lipinski definition) is 2. The smallest absolute Gasteiger partial charge is 0.141 e. The van der Waals surface area contributed by atoms with Crippen LogP contribution in [0.5, 0.6) is 5.75 Å². The number of carbonyl (C=O) groups excluding carboxylic acids is 1. The van der Waals surface area contributed by atoms with Gasteiger partial charge < -0.3 is 4.74 Å². The molecule has 0 spiro atoms. The highest BCUT2D eigenvalue weighted by Gasteiger charge is 2.08. The van der Waals surface area contributed by atoms with Crippen LogP contribution in [0.3, 0.4) is 0 Å². The van der Waals surface area contributed by atoms with Gasteiger partial charge in [-0.3, -0.25) is 4.79 Å². The molecule has 20 heavy (non-hydrogen) atoms. The maximum atomic E-state index is 12.2. The van der Waals surface area contributed by atoms with Gasteiger partial charge >= 0.3 is 0 Å². The number of benzene rings is 2. The van der Waals surface area contributed by atoms with Crippen LogP contribution in [0, 0.1) is 13.8 Å². The van der Waals surface area contributed by atoms with Crippen molar-refractivity contribution in [2.75, 3.05) is 7.11 Å². The lowest BCUT2D eigenvalue weighted by molar-refractivity contribution is -0.117. The summed E-state index contributed by atoms with van der Waals surface area (Å²) in [5.74, 6) is 1.06. The van der Waals surface area contributed by atoms with E-state index >= 15 is 0 Å². The lowest BCUT2D eigenvalue weighted by atomic mass is 9.98. The average Bonchev–Trinajstić information content (AvgIpc) is 2.43. The van der Waals surface area contributed by atoms with Gasteiger partial charge in [0.2, 0.25) is 0 Å². The molecule has 0 N–H and O–H groups in total. The number of methoxy groups -OCH3 is 1. The van der Waals surface area contributed by atoms with Crippen LogP contribution in [0.2, 0.25) is 0 Å². The molecule has 2 aromatic rings. The molecule has 0 radical (unpaired) electrons. The van der Waals surface area contributed by atoms with E-state index < -0.39 is 0 Å². The van der Waals surface area contributed by atoms with Crippen LogP contribution in [-0.4, -0.2) is 12.9 Å². The fourth-order valence-electron chi connectivity index (χ4n) is 2.24. The van der Waals surface area contributed by atoms with E-state index in [4.69, 9.17) is 4.74 Å². The lowest BCUT2D eigenvalue weighted by Crippen LogP contribution is -2.07. The van der Waals surface area contributed by atoms with Crippen LogP contribution >= 0.6 is 0 Å². The lowest BCUT2D eigenvalue weighted by Gasteiger charge is -2.07. The molecule has 2 aromatic carbocycles. The Morgan fingerprint density at radius 3 is 2.35 bits per heavy atom. The fraction of sp³-hybridized carbons (Fsp3) is 0.278. The summed E-state index contributed by atoms with van der Waals surface area (Å²) in [7, 11) is 1.64. The maximum absolute atomic E-state index is 12.2. The van der Waals surface area contributed by atoms with Gasteiger partial charge in [0.05, 0.1) is 7.11 Å². The minimum atomic E-state index is 0.240. The molecule has 0 aliphatic rings. The zero-order valence-electron chi connectivity index (χ0n) is 12.3. The highest BCUT2D eigenvalue weighted by atomic mass is 16.5. The molecule has 0 aromatic heterocycles. The van der Waals surface area contributed by atoms with Crippen LogP contribution in [0.4, 0.5) is 0 Å². The van der Waals surface area contributed by atoms with Gasteiger partial charge in [0.25, 0.3) is 0 Å². The molecule has 0 aliphatic carbocycles. The van der Waals surface area contributed by atoms with Crippen molar-refractivity contribution >= 4 is 5.78 Å². The summed E-state index contributed by atoms with van der Waals surface area (Å²) < 4.78 is 5.11. The Morgan fingerprint density at radius 2 is 1.70 bits per heavy atom. The Labute approximate surface area is 120 Å². The van der Waals surface area contributed by atoms with Gasteiger partial charge in [0.1, 0.15) is 11.5 Å². The minimum absolute atomic E-state index is 0.240. The van der Waals surface area contributed by atoms with Crippen molar-refractivity contribution in [1.82, 2.24) is 0 Å². The van der Waals surface area contributed by atoms with E-state index in [9.17, 15) is 4.79 Å². The quantitative estimate of drug-likeness (QED) is 0.827. The summed E-state index contributed by atoms with van der Waals surface area (Å²) in [4.78, 5) is 12.2.